The van der Waals surface area contributed by atoms with Crippen LogP contribution in [0.2, 0.25) is 5.02 Å². The summed E-state index contributed by atoms with van der Waals surface area (Å²) in [4.78, 5) is 28.7. The van der Waals surface area contributed by atoms with E-state index in [4.69, 9.17) is 16.4 Å². The third-order valence-corrected chi connectivity index (χ3v) is 7.73. The van der Waals surface area contributed by atoms with Crippen molar-refractivity contribution in [3.63, 3.8) is 0 Å². The summed E-state index contributed by atoms with van der Waals surface area (Å²) >= 11 is 9.65. The molecule has 4 aromatic rings. The van der Waals surface area contributed by atoms with E-state index in [0.717, 1.165) is 44.8 Å². The molecule has 5 rings (SSSR count). The number of carbonyl (C=O) groups is 1. The number of hydroxylamine groups is 2. The Bertz CT molecular complexity index is 1230. The fourth-order valence-corrected chi connectivity index (χ4v) is 5.88. The summed E-state index contributed by atoms with van der Waals surface area (Å²) in [5.74, 6) is 0.697. The van der Waals surface area contributed by atoms with Crippen LogP contribution >= 0.6 is 34.5 Å². The molecule has 150 valence electrons. The van der Waals surface area contributed by atoms with Gasteiger partial charge in [-0.1, -0.05) is 23.1 Å². The Labute approximate surface area is 179 Å². The van der Waals surface area contributed by atoms with Crippen LogP contribution in [0.25, 0.3) is 20.4 Å². The molecule has 0 radical (unpaired) electrons. The van der Waals surface area contributed by atoms with Gasteiger partial charge in [0, 0.05) is 17.8 Å². The van der Waals surface area contributed by atoms with E-state index in [1.165, 1.54) is 22.6 Å². The van der Waals surface area contributed by atoms with Gasteiger partial charge in [-0.05, 0) is 37.0 Å². The number of amides is 1. The molecule has 3 aromatic heterocycles. The average molecular weight is 448 g/mol. The average Bonchev–Trinajstić information content (AvgIpc) is 3.10. The van der Waals surface area contributed by atoms with E-state index in [0.29, 0.717) is 11.4 Å². The number of aryl methyl sites for hydroxylation is 1. The van der Waals surface area contributed by atoms with E-state index in [-0.39, 0.29) is 11.8 Å². The van der Waals surface area contributed by atoms with Crippen LogP contribution in [0.1, 0.15) is 16.9 Å². The SMILES string of the molecule is CON(C)C(=O)[C@H]1CCc2c(sc3ncnc(Nc4cc5s[nH]c5cc4Cl)c23)C1. The second-order valence-electron chi connectivity index (χ2n) is 7.02. The summed E-state index contributed by atoms with van der Waals surface area (Å²) < 4.78 is 4.30. The first-order valence-corrected chi connectivity index (χ1v) is 11.2. The number of H-pyrrole nitrogens is 1. The summed E-state index contributed by atoms with van der Waals surface area (Å²) in [7, 11) is 3.16. The zero-order valence-electron chi connectivity index (χ0n) is 15.8. The molecule has 1 aliphatic carbocycles. The number of thiophene rings is 1. The predicted molar refractivity (Wildman–Crippen MR) is 117 cm³/mol. The summed E-state index contributed by atoms with van der Waals surface area (Å²) in [5.41, 5.74) is 3.10. The number of aromatic amines is 1. The Morgan fingerprint density at radius 1 is 1.41 bits per heavy atom. The minimum absolute atomic E-state index is 0.0139. The van der Waals surface area contributed by atoms with Crippen molar-refractivity contribution >= 4 is 72.3 Å². The number of rotatable bonds is 4. The zero-order chi connectivity index (χ0) is 20.1. The van der Waals surface area contributed by atoms with Gasteiger partial charge in [-0.15, -0.1) is 11.3 Å². The van der Waals surface area contributed by atoms with E-state index in [1.54, 1.807) is 36.2 Å². The lowest BCUT2D eigenvalue weighted by atomic mass is 9.87. The maximum atomic E-state index is 12.5. The molecule has 10 heteroatoms. The summed E-state index contributed by atoms with van der Waals surface area (Å²) in [6.07, 6.45) is 3.86. The third-order valence-electron chi connectivity index (χ3n) is 5.37. The molecule has 1 atom stereocenters. The van der Waals surface area contributed by atoms with Crippen LogP contribution in [-0.2, 0) is 22.5 Å². The number of aromatic nitrogens is 3. The molecule has 1 amide bonds. The molecule has 2 N–H and O–H groups in total. The van der Waals surface area contributed by atoms with Crippen LogP contribution in [0.5, 0.6) is 0 Å². The number of hydrogen-bond acceptors (Lipinski definition) is 7. The molecule has 29 heavy (non-hydrogen) atoms. The van der Waals surface area contributed by atoms with Crippen LogP contribution < -0.4 is 5.32 Å². The van der Waals surface area contributed by atoms with Crippen molar-refractivity contribution in [1.82, 2.24) is 19.4 Å². The molecule has 3 heterocycles. The molecule has 0 aliphatic heterocycles. The minimum Gasteiger partial charge on any atom is -0.338 e. The van der Waals surface area contributed by atoms with Crippen LogP contribution in [0.3, 0.4) is 0 Å². The highest BCUT2D eigenvalue weighted by Crippen LogP contribution is 2.41. The highest BCUT2D eigenvalue weighted by Gasteiger charge is 2.31. The smallest absolute Gasteiger partial charge is 0.249 e. The first-order chi connectivity index (χ1) is 14.0. The Balaban J connectivity index is 1.50. The molecule has 1 aromatic carbocycles. The number of anilines is 2. The number of benzene rings is 1. The minimum atomic E-state index is -0.0724. The summed E-state index contributed by atoms with van der Waals surface area (Å²) in [5, 5.41) is 6.39. The van der Waals surface area contributed by atoms with E-state index in [1.807, 2.05) is 12.1 Å². The normalized spacial score (nSPS) is 16.3. The molecule has 7 nitrogen and oxygen atoms in total. The van der Waals surface area contributed by atoms with Gasteiger partial charge in [0.25, 0.3) is 0 Å². The second kappa shape index (κ2) is 7.24. The van der Waals surface area contributed by atoms with Crippen molar-refractivity contribution in [2.24, 2.45) is 5.92 Å². The lowest BCUT2D eigenvalue weighted by molar-refractivity contribution is -0.173. The topological polar surface area (TPSA) is 83.1 Å². The molecule has 0 fully saturated rings. The van der Waals surface area contributed by atoms with Gasteiger partial charge >= 0.3 is 0 Å². The molecule has 0 saturated heterocycles. The monoisotopic (exact) mass is 447 g/mol. The first-order valence-electron chi connectivity index (χ1n) is 9.15. The fourth-order valence-electron chi connectivity index (χ4n) is 3.77. The molecular weight excluding hydrogens is 430 g/mol. The van der Waals surface area contributed by atoms with E-state index < -0.39 is 0 Å². The maximum absolute atomic E-state index is 12.5. The van der Waals surface area contributed by atoms with E-state index in [9.17, 15) is 4.79 Å². The Morgan fingerprint density at radius 2 is 2.28 bits per heavy atom. The van der Waals surface area contributed by atoms with Crippen LogP contribution in [0.15, 0.2) is 18.5 Å². The molecule has 1 aliphatic rings. The number of nitrogens with one attached hydrogen (secondary N) is 2. The van der Waals surface area contributed by atoms with Crippen molar-refractivity contribution in [2.45, 2.75) is 19.3 Å². The largest absolute Gasteiger partial charge is 0.338 e. The quantitative estimate of drug-likeness (QED) is 0.441. The van der Waals surface area contributed by atoms with Crippen LogP contribution in [0.4, 0.5) is 11.5 Å². The molecule has 0 saturated carbocycles. The van der Waals surface area contributed by atoms with E-state index >= 15 is 0 Å². The maximum Gasteiger partial charge on any atom is 0.249 e. The fraction of sp³-hybridized carbons (Fsp3) is 0.316. The number of nitrogens with zero attached hydrogens (tertiary/aromatic N) is 3. The first kappa shape index (κ1) is 18.8. The Hall–Kier alpha value is -2.20. The van der Waals surface area contributed by atoms with Gasteiger partial charge in [0.1, 0.15) is 17.0 Å². The van der Waals surface area contributed by atoms with Crippen molar-refractivity contribution < 1.29 is 9.63 Å². The van der Waals surface area contributed by atoms with Gasteiger partial charge in [0.05, 0.1) is 33.4 Å². The highest BCUT2D eigenvalue weighted by molar-refractivity contribution is 7.19. The molecular formula is C19H18ClN5O2S2. The van der Waals surface area contributed by atoms with Gasteiger partial charge < -0.3 is 9.69 Å². The standard InChI is InChI=1S/C19H18ClN5O2S2/c1-25(27-2)19(26)9-3-4-10-14(5-9)28-18-16(10)17(21-8-22-18)23-12-7-15-13(24-29-15)6-11(12)20/h6-9,24H,3-5H2,1-2H3,(H,21,22,23)/t9-/m0/s1. The molecule has 0 spiro atoms. The van der Waals surface area contributed by atoms with Gasteiger partial charge in [-0.25, -0.2) is 15.0 Å². The molecule has 0 bridgehead atoms. The summed E-state index contributed by atoms with van der Waals surface area (Å²) in [6.45, 7) is 0. The number of carbonyl (C=O) groups excluding carboxylic acids is 1. The number of hydrogen-bond donors (Lipinski definition) is 2. The van der Waals surface area contributed by atoms with Gasteiger partial charge in [0.2, 0.25) is 5.91 Å². The summed E-state index contributed by atoms with van der Waals surface area (Å²) in [6, 6.07) is 3.95. The molecule has 0 unspecified atom stereocenters. The van der Waals surface area contributed by atoms with Crippen LogP contribution in [-0.4, -0.2) is 39.5 Å². The van der Waals surface area contributed by atoms with E-state index in [2.05, 4.69) is 19.7 Å². The van der Waals surface area contributed by atoms with Gasteiger partial charge in [-0.3, -0.25) is 9.63 Å². The zero-order valence-corrected chi connectivity index (χ0v) is 18.2. The lowest BCUT2D eigenvalue weighted by Gasteiger charge is -2.25. The van der Waals surface area contributed by atoms with Crippen molar-refractivity contribution in [1.29, 1.82) is 0 Å². The lowest BCUT2D eigenvalue weighted by Crippen LogP contribution is -2.34. The van der Waals surface area contributed by atoms with Crippen molar-refractivity contribution in [3.8, 4) is 0 Å². The van der Waals surface area contributed by atoms with Gasteiger partial charge in [0.15, 0.2) is 0 Å². The van der Waals surface area contributed by atoms with Crippen molar-refractivity contribution in [2.75, 3.05) is 19.5 Å². The number of fused-ring (bicyclic) bond motifs is 4. The highest BCUT2D eigenvalue weighted by atomic mass is 35.5. The van der Waals surface area contributed by atoms with Gasteiger partial charge in [-0.2, -0.15) is 0 Å². The Kier molecular flexibility index (Phi) is 4.70. The number of halogens is 1. The van der Waals surface area contributed by atoms with Crippen LogP contribution in [0, 0.1) is 5.92 Å². The van der Waals surface area contributed by atoms with Crippen molar-refractivity contribution in [3.05, 3.63) is 33.9 Å². The predicted octanol–water partition coefficient (Wildman–Crippen LogP) is 4.76. The Morgan fingerprint density at radius 3 is 3.03 bits per heavy atom. The second-order valence-corrected chi connectivity index (χ2v) is 9.36. The third kappa shape index (κ3) is 3.18.